The zero-order valence-corrected chi connectivity index (χ0v) is 19.5. The van der Waals surface area contributed by atoms with Crippen molar-refractivity contribution in [1.29, 1.82) is 0 Å². The molecule has 0 aliphatic carbocycles. The minimum Gasteiger partial charge on any atom is -0.394 e. The standard InChI is InChI=1S/C26H25FN2O4S/c1-17-4-2-5-20(12-17)18-8-10-19(11-9-18)26-23-14-28(15-25(31)29(23)24(26)16-30)34(32,33)22-7-3-6-21(27)13-22/h2-13,23-24,26,30H,14-16H2,1H3/t23-,24+,26+/m1/s1. The maximum Gasteiger partial charge on any atom is 0.243 e. The molecule has 34 heavy (non-hydrogen) atoms. The number of aliphatic hydroxyl groups excluding tert-OH is 1. The minimum absolute atomic E-state index is 0.0887. The molecule has 3 aromatic rings. The van der Waals surface area contributed by atoms with Crippen LogP contribution in [0, 0.1) is 12.7 Å². The monoisotopic (exact) mass is 480 g/mol. The predicted octanol–water partition coefficient (Wildman–Crippen LogP) is 3.16. The molecule has 2 heterocycles. The number of aryl methyl sites for hydroxylation is 1. The quantitative estimate of drug-likeness (QED) is 0.609. The molecule has 176 valence electrons. The lowest BCUT2D eigenvalue weighted by atomic mass is 9.74. The molecule has 0 bridgehead atoms. The fraction of sp³-hybridized carbons (Fsp3) is 0.269. The van der Waals surface area contributed by atoms with E-state index < -0.39 is 27.9 Å². The number of aliphatic hydroxyl groups is 1. The van der Waals surface area contributed by atoms with Gasteiger partial charge in [0.15, 0.2) is 0 Å². The summed E-state index contributed by atoms with van der Waals surface area (Å²) in [4.78, 5) is 14.3. The van der Waals surface area contributed by atoms with Gasteiger partial charge in [-0.2, -0.15) is 4.31 Å². The first-order valence-corrected chi connectivity index (χ1v) is 12.6. The first-order chi connectivity index (χ1) is 16.3. The van der Waals surface area contributed by atoms with Crippen LogP contribution in [-0.4, -0.2) is 60.4 Å². The lowest BCUT2D eigenvalue weighted by Crippen LogP contribution is -2.73. The van der Waals surface area contributed by atoms with E-state index in [9.17, 15) is 22.7 Å². The number of halogens is 1. The molecule has 1 amide bonds. The van der Waals surface area contributed by atoms with Gasteiger partial charge in [-0.15, -0.1) is 0 Å². The number of piperazine rings is 1. The molecule has 2 aliphatic rings. The zero-order chi connectivity index (χ0) is 24.0. The summed E-state index contributed by atoms with van der Waals surface area (Å²) in [6, 6.07) is 20.2. The second kappa shape index (κ2) is 8.61. The third kappa shape index (κ3) is 3.81. The summed E-state index contributed by atoms with van der Waals surface area (Å²) in [6.07, 6.45) is 0. The van der Waals surface area contributed by atoms with Gasteiger partial charge < -0.3 is 10.0 Å². The number of hydrogen-bond donors (Lipinski definition) is 1. The topological polar surface area (TPSA) is 77.9 Å². The highest BCUT2D eigenvalue weighted by Crippen LogP contribution is 2.44. The van der Waals surface area contributed by atoms with Gasteiger partial charge in [-0.25, -0.2) is 12.8 Å². The summed E-state index contributed by atoms with van der Waals surface area (Å²) in [5.74, 6) is -1.21. The van der Waals surface area contributed by atoms with Crippen molar-refractivity contribution < 1.29 is 22.7 Å². The average Bonchev–Trinajstić information content (AvgIpc) is 2.80. The van der Waals surface area contributed by atoms with Crippen LogP contribution in [0.25, 0.3) is 11.1 Å². The number of sulfonamides is 1. The minimum atomic E-state index is -4.03. The van der Waals surface area contributed by atoms with Crippen molar-refractivity contribution in [2.45, 2.75) is 29.8 Å². The molecule has 0 aromatic heterocycles. The van der Waals surface area contributed by atoms with Gasteiger partial charge in [0.25, 0.3) is 0 Å². The maximum atomic E-state index is 13.7. The summed E-state index contributed by atoms with van der Waals surface area (Å²) in [7, 11) is -4.03. The molecule has 0 saturated carbocycles. The van der Waals surface area contributed by atoms with E-state index >= 15 is 0 Å². The fourth-order valence-corrected chi connectivity index (χ4v) is 6.59. The molecule has 2 fully saturated rings. The van der Waals surface area contributed by atoms with E-state index in [1.165, 1.54) is 18.2 Å². The Hall–Kier alpha value is -3.07. The Kier molecular flexibility index (Phi) is 5.75. The summed E-state index contributed by atoms with van der Waals surface area (Å²) < 4.78 is 41.0. The van der Waals surface area contributed by atoms with Crippen molar-refractivity contribution in [2.75, 3.05) is 19.7 Å². The first kappa shape index (κ1) is 22.7. The zero-order valence-electron chi connectivity index (χ0n) is 18.6. The number of benzene rings is 3. The van der Waals surface area contributed by atoms with Gasteiger partial charge in [0, 0.05) is 12.5 Å². The molecule has 0 radical (unpaired) electrons. The van der Waals surface area contributed by atoms with E-state index in [0.717, 1.165) is 32.6 Å². The Morgan fingerprint density at radius 3 is 2.41 bits per heavy atom. The molecule has 2 saturated heterocycles. The van der Waals surface area contributed by atoms with Crippen LogP contribution >= 0.6 is 0 Å². The molecule has 1 N–H and O–H groups in total. The van der Waals surface area contributed by atoms with Gasteiger partial charge in [0.2, 0.25) is 15.9 Å². The van der Waals surface area contributed by atoms with Crippen LogP contribution in [0.15, 0.2) is 77.7 Å². The predicted molar refractivity (Wildman–Crippen MR) is 126 cm³/mol. The Balaban J connectivity index is 1.42. The first-order valence-electron chi connectivity index (χ1n) is 11.1. The van der Waals surface area contributed by atoms with Crippen molar-refractivity contribution in [2.24, 2.45) is 0 Å². The summed E-state index contributed by atoms with van der Waals surface area (Å²) in [5.41, 5.74) is 4.26. The van der Waals surface area contributed by atoms with Crippen molar-refractivity contribution in [3.05, 3.63) is 89.7 Å². The molecule has 6 nitrogen and oxygen atoms in total. The summed E-state index contributed by atoms with van der Waals surface area (Å²) in [5, 5.41) is 10.0. The molecule has 3 atom stereocenters. The number of carbonyl (C=O) groups is 1. The second-order valence-corrected chi connectivity index (χ2v) is 10.8. The second-order valence-electron chi connectivity index (χ2n) is 8.89. The Morgan fingerprint density at radius 1 is 1.00 bits per heavy atom. The number of carbonyl (C=O) groups excluding carboxylic acids is 1. The normalized spacial score (nSPS) is 22.9. The molecule has 0 spiro atoms. The molecule has 5 rings (SSSR count). The summed E-state index contributed by atoms with van der Waals surface area (Å²) in [6.45, 7) is 1.59. The van der Waals surface area contributed by atoms with Crippen molar-refractivity contribution in [1.82, 2.24) is 9.21 Å². The molecular weight excluding hydrogens is 455 g/mol. The van der Waals surface area contributed by atoms with Crippen LogP contribution in [-0.2, 0) is 14.8 Å². The number of hydrogen-bond acceptors (Lipinski definition) is 4. The Bertz CT molecular complexity index is 1340. The van der Waals surface area contributed by atoms with Gasteiger partial charge in [0.1, 0.15) is 5.82 Å². The van der Waals surface area contributed by atoms with Gasteiger partial charge in [0.05, 0.1) is 30.1 Å². The van der Waals surface area contributed by atoms with Crippen LogP contribution in [0.3, 0.4) is 0 Å². The number of nitrogens with zero attached hydrogens (tertiary/aromatic N) is 2. The van der Waals surface area contributed by atoms with Crippen molar-refractivity contribution >= 4 is 15.9 Å². The fourth-order valence-electron chi connectivity index (χ4n) is 5.15. The van der Waals surface area contributed by atoms with Gasteiger partial charge in [-0.05, 0) is 41.8 Å². The smallest absolute Gasteiger partial charge is 0.243 e. The maximum absolute atomic E-state index is 13.7. The van der Waals surface area contributed by atoms with Crippen molar-refractivity contribution in [3.63, 3.8) is 0 Å². The van der Waals surface area contributed by atoms with E-state index in [4.69, 9.17) is 0 Å². The number of rotatable bonds is 5. The third-order valence-corrected chi connectivity index (χ3v) is 8.61. The molecule has 0 unspecified atom stereocenters. The highest BCUT2D eigenvalue weighted by molar-refractivity contribution is 7.89. The van der Waals surface area contributed by atoms with E-state index in [0.29, 0.717) is 0 Å². The van der Waals surface area contributed by atoms with E-state index in [-0.39, 0.29) is 36.4 Å². The lowest BCUT2D eigenvalue weighted by molar-refractivity contribution is -0.158. The number of fused-ring (bicyclic) bond motifs is 1. The third-order valence-electron chi connectivity index (χ3n) is 6.80. The van der Waals surface area contributed by atoms with E-state index in [1.807, 2.05) is 49.4 Å². The van der Waals surface area contributed by atoms with Gasteiger partial charge in [-0.1, -0.05) is 60.2 Å². The summed E-state index contributed by atoms with van der Waals surface area (Å²) >= 11 is 0. The highest BCUT2D eigenvalue weighted by atomic mass is 32.2. The van der Waals surface area contributed by atoms with Crippen molar-refractivity contribution in [3.8, 4) is 11.1 Å². The highest BCUT2D eigenvalue weighted by Gasteiger charge is 2.55. The molecular formula is C26H25FN2O4S. The molecule has 8 heteroatoms. The van der Waals surface area contributed by atoms with E-state index in [1.54, 1.807) is 4.90 Å². The molecule has 3 aromatic carbocycles. The average molecular weight is 481 g/mol. The van der Waals surface area contributed by atoms with E-state index in [2.05, 4.69) is 6.07 Å². The number of amides is 1. The van der Waals surface area contributed by atoms with Gasteiger partial charge >= 0.3 is 0 Å². The van der Waals surface area contributed by atoms with Crippen LogP contribution in [0.5, 0.6) is 0 Å². The van der Waals surface area contributed by atoms with Gasteiger partial charge in [-0.3, -0.25) is 4.79 Å². The SMILES string of the molecule is Cc1cccc(-c2ccc([C@H]3[C@H]4CN(S(=O)(=O)c5cccc(F)c5)CC(=O)N4[C@H]3CO)cc2)c1. The van der Waals surface area contributed by atoms with Crippen LogP contribution in [0.2, 0.25) is 0 Å². The van der Waals surface area contributed by atoms with Crippen LogP contribution < -0.4 is 0 Å². The Labute approximate surface area is 198 Å². The van der Waals surface area contributed by atoms with Crippen LogP contribution in [0.4, 0.5) is 4.39 Å². The lowest BCUT2D eigenvalue weighted by Gasteiger charge is -2.58. The van der Waals surface area contributed by atoms with Crippen LogP contribution in [0.1, 0.15) is 17.0 Å². The Morgan fingerprint density at radius 2 is 1.74 bits per heavy atom. The largest absolute Gasteiger partial charge is 0.394 e. The molecule has 2 aliphatic heterocycles.